The Labute approximate surface area is 112 Å². The van der Waals surface area contributed by atoms with Gasteiger partial charge in [0.15, 0.2) is 0 Å². The maximum absolute atomic E-state index is 3.70. The minimum atomic E-state index is 0.357. The molecule has 3 atom stereocenters. The van der Waals surface area contributed by atoms with E-state index < -0.39 is 0 Å². The van der Waals surface area contributed by atoms with Gasteiger partial charge < -0.3 is 5.32 Å². The van der Waals surface area contributed by atoms with Crippen molar-refractivity contribution >= 4 is 11.8 Å². The highest BCUT2D eigenvalue weighted by Crippen LogP contribution is 2.25. The summed E-state index contributed by atoms with van der Waals surface area (Å²) in [6.45, 7) is 16.3. The number of hydrogen-bond acceptors (Lipinski definition) is 3. The second-order valence-corrected chi connectivity index (χ2v) is 7.70. The molecule has 0 amide bonds. The van der Waals surface area contributed by atoms with Crippen LogP contribution in [0.5, 0.6) is 0 Å². The molecule has 1 heterocycles. The van der Waals surface area contributed by atoms with Gasteiger partial charge in [-0.25, -0.2) is 0 Å². The molecule has 0 aromatic carbocycles. The maximum atomic E-state index is 3.70. The number of nitrogens with one attached hydrogen (secondary N) is 1. The molecule has 0 aromatic rings. The first kappa shape index (κ1) is 15.3. The summed E-state index contributed by atoms with van der Waals surface area (Å²) in [5, 5.41) is 3.70. The first-order valence-electron chi connectivity index (χ1n) is 6.93. The zero-order valence-electron chi connectivity index (χ0n) is 12.4. The van der Waals surface area contributed by atoms with Crippen LogP contribution in [-0.2, 0) is 0 Å². The van der Waals surface area contributed by atoms with Gasteiger partial charge in [0, 0.05) is 37.0 Å². The molecule has 0 aromatic heterocycles. The molecule has 0 saturated carbocycles. The molecule has 1 rings (SSSR count). The van der Waals surface area contributed by atoms with E-state index in [0.717, 1.165) is 6.54 Å². The average Bonchev–Trinajstić information content (AvgIpc) is 2.24. The summed E-state index contributed by atoms with van der Waals surface area (Å²) in [7, 11) is 0. The number of thioether (sulfide) groups is 1. The standard InChI is InChI=1S/C14H30N2S/c1-7-17-10-12(3)16-9-13(14(4,5)6)15-8-11(16)2/h11-13,15H,7-10H2,1-6H3. The molecule has 0 radical (unpaired) electrons. The molecular weight excluding hydrogens is 228 g/mol. The van der Waals surface area contributed by atoms with Crippen molar-refractivity contribution in [3.05, 3.63) is 0 Å². The van der Waals surface area contributed by atoms with E-state index in [9.17, 15) is 0 Å². The fourth-order valence-electron chi connectivity index (χ4n) is 2.46. The van der Waals surface area contributed by atoms with Crippen molar-refractivity contribution in [1.29, 1.82) is 0 Å². The minimum absolute atomic E-state index is 0.357. The lowest BCUT2D eigenvalue weighted by molar-refractivity contribution is 0.0707. The van der Waals surface area contributed by atoms with Crippen molar-refractivity contribution in [3.63, 3.8) is 0 Å². The van der Waals surface area contributed by atoms with Crippen LogP contribution in [0.2, 0.25) is 0 Å². The quantitative estimate of drug-likeness (QED) is 0.835. The van der Waals surface area contributed by atoms with Crippen LogP contribution in [-0.4, -0.2) is 47.6 Å². The molecule has 2 nitrogen and oxygen atoms in total. The molecule has 1 saturated heterocycles. The van der Waals surface area contributed by atoms with Crippen molar-refractivity contribution in [1.82, 2.24) is 10.2 Å². The van der Waals surface area contributed by atoms with Gasteiger partial charge in [0.1, 0.15) is 0 Å². The van der Waals surface area contributed by atoms with E-state index in [1.165, 1.54) is 18.1 Å². The Kier molecular flexibility index (Phi) is 5.81. The zero-order chi connectivity index (χ0) is 13.1. The first-order valence-corrected chi connectivity index (χ1v) is 8.08. The average molecular weight is 258 g/mol. The SMILES string of the molecule is CCSCC(C)N1CC(C(C)(C)C)NCC1C. The van der Waals surface area contributed by atoms with Crippen molar-refractivity contribution in [2.75, 3.05) is 24.6 Å². The van der Waals surface area contributed by atoms with E-state index in [0.29, 0.717) is 23.5 Å². The van der Waals surface area contributed by atoms with Crippen molar-refractivity contribution in [3.8, 4) is 0 Å². The highest BCUT2D eigenvalue weighted by molar-refractivity contribution is 7.99. The van der Waals surface area contributed by atoms with Crippen LogP contribution in [0.3, 0.4) is 0 Å². The fourth-order valence-corrected chi connectivity index (χ4v) is 3.23. The summed E-state index contributed by atoms with van der Waals surface area (Å²) in [6, 6.07) is 1.98. The molecule has 1 aliphatic rings. The Balaban J connectivity index is 2.57. The third-order valence-corrected chi connectivity index (χ3v) is 4.92. The van der Waals surface area contributed by atoms with Gasteiger partial charge in [0.25, 0.3) is 0 Å². The van der Waals surface area contributed by atoms with Gasteiger partial charge in [0.2, 0.25) is 0 Å². The number of hydrogen-bond donors (Lipinski definition) is 1. The Morgan fingerprint density at radius 2 is 2.06 bits per heavy atom. The highest BCUT2D eigenvalue weighted by Gasteiger charge is 2.34. The van der Waals surface area contributed by atoms with E-state index >= 15 is 0 Å². The van der Waals surface area contributed by atoms with Gasteiger partial charge in [0.05, 0.1) is 0 Å². The second kappa shape index (κ2) is 6.44. The minimum Gasteiger partial charge on any atom is -0.311 e. The molecule has 1 fully saturated rings. The van der Waals surface area contributed by atoms with Gasteiger partial charge in [-0.1, -0.05) is 27.7 Å². The number of rotatable bonds is 4. The molecule has 1 N–H and O–H groups in total. The van der Waals surface area contributed by atoms with Crippen LogP contribution in [0.1, 0.15) is 41.5 Å². The molecule has 0 bridgehead atoms. The number of piperazine rings is 1. The Morgan fingerprint density at radius 1 is 1.41 bits per heavy atom. The van der Waals surface area contributed by atoms with Crippen LogP contribution in [0.4, 0.5) is 0 Å². The summed E-state index contributed by atoms with van der Waals surface area (Å²) in [4.78, 5) is 2.69. The zero-order valence-corrected chi connectivity index (χ0v) is 13.2. The van der Waals surface area contributed by atoms with Crippen molar-refractivity contribution in [2.45, 2.75) is 59.7 Å². The highest BCUT2D eigenvalue weighted by atomic mass is 32.2. The lowest BCUT2D eigenvalue weighted by atomic mass is 9.84. The van der Waals surface area contributed by atoms with Crippen LogP contribution in [0, 0.1) is 5.41 Å². The topological polar surface area (TPSA) is 15.3 Å². The maximum Gasteiger partial charge on any atom is 0.0244 e. The lowest BCUT2D eigenvalue weighted by Gasteiger charge is -2.46. The molecule has 0 aliphatic carbocycles. The van der Waals surface area contributed by atoms with Gasteiger partial charge in [-0.15, -0.1) is 0 Å². The second-order valence-electron chi connectivity index (χ2n) is 6.38. The third kappa shape index (κ3) is 4.46. The van der Waals surface area contributed by atoms with E-state index in [1.54, 1.807) is 0 Å². The van der Waals surface area contributed by atoms with Crippen LogP contribution in [0.15, 0.2) is 0 Å². The Bertz CT molecular complexity index is 225. The molecule has 3 unspecified atom stereocenters. The van der Waals surface area contributed by atoms with Crippen LogP contribution in [0.25, 0.3) is 0 Å². The smallest absolute Gasteiger partial charge is 0.0244 e. The summed E-state index contributed by atoms with van der Waals surface area (Å²) in [5.41, 5.74) is 0.357. The molecule has 17 heavy (non-hydrogen) atoms. The largest absolute Gasteiger partial charge is 0.311 e. The van der Waals surface area contributed by atoms with Gasteiger partial charge in [-0.05, 0) is 25.0 Å². The monoisotopic (exact) mass is 258 g/mol. The van der Waals surface area contributed by atoms with E-state index in [4.69, 9.17) is 0 Å². The molecule has 3 heteroatoms. The summed E-state index contributed by atoms with van der Waals surface area (Å²) < 4.78 is 0. The van der Waals surface area contributed by atoms with E-state index in [2.05, 4.69) is 63.5 Å². The molecule has 1 aliphatic heterocycles. The van der Waals surface area contributed by atoms with Crippen molar-refractivity contribution in [2.24, 2.45) is 5.41 Å². The predicted molar refractivity (Wildman–Crippen MR) is 79.9 cm³/mol. The lowest BCUT2D eigenvalue weighted by Crippen LogP contribution is -2.61. The molecular formula is C14H30N2S. The van der Waals surface area contributed by atoms with E-state index in [-0.39, 0.29) is 0 Å². The predicted octanol–water partition coefficient (Wildman–Crippen LogP) is 2.84. The van der Waals surface area contributed by atoms with Crippen LogP contribution < -0.4 is 5.32 Å². The first-order chi connectivity index (χ1) is 7.86. The summed E-state index contributed by atoms with van der Waals surface area (Å²) >= 11 is 2.06. The normalized spacial score (nSPS) is 29.3. The Morgan fingerprint density at radius 3 is 2.59 bits per heavy atom. The Hall–Kier alpha value is 0.270. The van der Waals surface area contributed by atoms with Gasteiger partial charge >= 0.3 is 0 Å². The van der Waals surface area contributed by atoms with E-state index in [1.807, 2.05) is 0 Å². The molecule has 0 spiro atoms. The van der Waals surface area contributed by atoms with Gasteiger partial charge in [-0.2, -0.15) is 11.8 Å². The number of nitrogens with zero attached hydrogens (tertiary/aromatic N) is 1. The fraction of sp³-hybridized carbons (Fsp3) is 1.00. The summed E-state index contributed by atoms with van der Waals surface area (Å²) in [6.07, 6.45) is 0. The summed E-state index contributed by atoms with van der Waals surface area (Å²) in [5.74, 6) is 2.49. The van der Waals surface area contributed by atoms with Crippen LogP contribution >= 0.6 is 11.8 Å². The molecule has 102 valence electrons. The van der Waals surface area contributed by atoms with Crippen molar-refractivity contribution < 1.29 is 0 Å². The third-order valence-electron chi connectivity index (χ3n) is 3.79. The van der Waals surface area contributed by atoms with Gasteiger partial charge in [-0.3, -0.25) is 4.90 Å².